The summed E-state index contributed by atoms with van der Waals surface area (Å²) in [4.78, 5) is 26.9. The second-order valence-electron chi connectivity index (χ2n) is 7.28. The summed E-state index contributed by atoms with van der Waals surface area (Å²) in [5, 5.41) is 0. The summed E-state index contributed by atoms with van der Waals surface area (Å²) in [6.07, 6.45) is 5.14. The Morgan fingerprint density at radius 1 is 1.25 bits per heavy atom. The number of amides is 1. The predicted octanol–water partition coefficient (Wildman–Crippen LogP) is 1.55. The standard InChI is InChI=1S/C18H29N5O/c1-14-10-18(20-13-19-14)21(3)17-5-7-22(8-6-17)11-16-4-9-23(12-16)15(2)24/h10,13,16-17H,4-9,11-12H2,1-3H3. The van der Waals surface area contributed by atoms with Crippen LogP contribution in [0.15, 0.2) is 12.4 Å². The minimum absolute atomic E-state index is 0.220. The lowest BCUT2D eigenvalue weighted by molar-refractivity contribution is -0.127. The van der Waals surface area contributed by atoms with E-state index in [4.69, 9.17) is 0 Å². The van der Waals surface area contributed by atoms with Crippen molar-refractivity contribution in [3.8, 4) is 0 Å². The van der Waals surface area contributed by atoms with Gasteiger partial charge in [-0.2, -0.15) is 0 Å². The Morgan fingerprint density at radius 2 is 2.00 bits per heavy atom. The fourth-order valence-corrected chi connectivity index (χ4v) is 3.94. The largest absolute Gasteiger partial charge is 0.356 e. The molecule has 0 spiro atoms. The van der Waals surface area contributed by atoms with E-state index in [1.807, 2.05) is 11.8 Å². The fraction of sp³-hybridized carbons (Fsp3) is 0.722. The van der Waals surface area contributed by atoms with E-state index >= 15 is 0 Å². The molecule has 2 aliphatic rings. The Bertz CT molecular complexity index is 570. The van der Waals surface area contributed by atoms with Crippen LogP contribution in [0, 0.1) is 12.8 Å². The number of hydrogen-bond donors (Lipinski definition) is 0. The number of aryl methyl sites for hydroxylation is 1. The van der Waals surface area contributed by atoms with E-state index in [-0.39, 0.29) is 5.91 Å². The zero-order valence-corrected chi connectivity index (χ0v) is 15.1. The van der Waals surface area contributed by atoms with E-state index in [0.717, 1.165) is 50.7 Å². The quantitative estimate of drug-likeness (QED) is 0.838. The van der Waals surface area contributed by atoms with Crippen molar-refractivity contribution in [2.24, 2.45) is 5.92 Å². The predicted molar refractivity (Wildman–Crippen MR) is 95.0 cm³/mol. The van der Waals surface area contributed by atoms with Gasteiger partial charge in [0.15, 0.2) is 0 Å². The highest BCUT2D eigenvalue weighted by Gasteiger charge is 2.28. The van der Waals surface area contributed by atoms with Gasteiger partial charge in [0.1, 0.15) is 12.1 Å². The van der Waals surface area contributed by atoms with Gasteiger partial charge >= 0.3 is 0 Å². The number of hydrogen-bond acceptors (Lipinski definition) is 5. The first-order chi connectivity index (χ1) is 11.5. The topological polar surface area (TPSA) is 52.6 Å². The minimum Gasteiger partial charge on any atom is -0.356 e. The SMILES string of the molecule is CC(=O)N1CCC(CN2CCC(N(C)c3cc(C)ncn3)CC2)C1. The first kappa shape index (κ1) is 17.1. The van der Waals surface area contributed by atoms with Crippen LogP contribution in [0.25, 0.3) is 0 Å². The summed E-state index contributed by atoms with van der Waals surface area (Å²) < 4.78 is 0. The van der Waals surface area contributed by atoms with Crippen LogP contribution in [0.4, 0.5) is 5.82 Å². The number of likely N-dealkylation sites (tertiary alicyclic amines) is 2. The van der Waals surface area contributed by atoms with E-state index < -0.39 is 0 Å². The zero-order valence-electron chi connectivity index (χ0n) is 15.1. The lowest BCUT2D eigenvalue weighted by Crippen LogP contribution is -2.45. The maximum atomic E-state index is 11.5. The van der Waals surface area contributed by atoms with E-state index in [0.29, 0.717) is 12.0 Å². The number of nitrogens with zero attached hydrogens (tertiary/aromatic N) is 5. The lowest BCUT2D eigenvalue weighted by atomic mass is 10.0. The van der Waals surface area contributed by atoms with Gasteiger partial charge in [-0.1, -0.05) is 0 Å². The van der Waals surface area contributed by atoms with Gasteiger partial charge in [0, 0.05) is 64.5 Å². The van der Waals surface area contributed by atoms with Crippen molar-refractivity contribution >= 4 is 11.7 Å². The summed E-state index contributed by atoms with van der Waals surface area (Å²) in [5.41, 5.74) is 1.01. The van der Waals surface area contributed by atoms with Gasteiger partial charge in [-0.15, -0.1) is 0 Å². The number of carbonyl (C=O) groups is 1. The summed E-state index contributed by atoms with van der Waals surface area (Å²) >= 11 is 0. The molecule has 2 saturated heterocycles. The van der Waals surface area contributed by atoms with E-state index in [1.165, 1.54) is 12.8 Å². The molecule has 1 atom stereocenters. The molecule has 3 rings (SSSR count). The average Bonchev–Trinajstić information content (AvgIpc) is 3.04. The van der Waals surface area contributed by atoms with Crippen LogP contribution in [0.5, 0.6) is 0 Å². The zero-order chi connectivity index (χ0) is 17.1. The smallest absolute Gasteiger partial charge is 0.219 e. The molecule has 0 bridgehead atoms. The molecule has 1 unspecified atom stereocenters. The molecular weight excluding hydrogens is 302 g/mol. The molecule has 0 N–H and O–H groups in total. The first-order valence-corrected chi connectivity index (χ1v) is 9.02. The second-order valence-corrected chi connectivity index (χ2v) is 7.28. The van der Waals surface area contributed by atoms with Crippen molar-refractivity contribution in [3.63, 3.8) is 0 Å². The van der Waals surface area contributed by atoms with E-state index in [9.17, 15) is 4.79 Å². The third kappa shape index (κ3) is 4.04. The molecule has 0 aromatic carbocycles. The maximum absolute atomic E-state index is 11.5. The van der Waals surface area contributed by atoms with Crippen LogP contribution in [-0.4, -0.2) is 71.5 Å². The Labute approximate surface area is 144 Å². The van der Waals surface area contributed by atoms with E-state index in [2.05, 4.69) is 32.9 Å². The van der Waals surface area contributed by atoms with Crippen LogP contribution in [0.2, 0.25) is 0 Å². The highest BCUT2D eigenvalue weighted by Crippen LogP contribution is 2.23. The van der Waals surface area contributed by atoms with Crippen molar-refractivity contribution in [1.82, 2.24) is 19.8 Å². The van der Waals surface area contributed by atoms with Crippen molar-refractivity contribution in [2.75, 3.05) is 44.7 Å². The van der Waals surface area contributed by atoms with Crippen LogP contribution >= 0.6 is 0 Å². The Kier molecular flexibility index (Phi) is 5.33. The molecule has 1 amide bonds. The number of carbonyl (C=O) groups excluding carboxylic acids is 1. The van der Waals surface area contributed by atoms with Gasteiger partial charge in [0.2, 0.25) is 5.91 Å². The molecule has 6 nitrogen and oxygen atoms in total. The molecular formula is C18H29N5O. The van der Waals surface area contributed by atoms with Gasteiger partial charge in [0.25, 0.3) is 0 Å². The molecule has 3 heterocycles. The highest BCUT2D eigenvalue weighted by molar-refractivity contribution is 5.73. The number of aromatic nitrogens is 2. The van der Waals surface area contributed by atoms with Crippen molar-refractivity contribution in [3.05, 3.63) is 18.1 Å². The summed E-state index contributed by atoms with van der Waals surface area (Å²) in [5.74, 6) is 1.89. The monoisotopic (exact) mass is 331 g/mol. The molecule has 24 heavy (non-hydrogen) atoms. The molecule has 2 fully saturated rings. The molecule has 132 valence electrons. The van der Waals surface area contributed by atoms with Crippen LogP contribution in [-0.2, 0) is 4.79 Å². The number of piperidine rings is 1. The third-order valence-electron chi connectivity index (χ3n) is 5.50. The summed E-state index contributed by atoms with van der Waals surface area (Å²) in [6.45, 7) is 8.96. The normalized spacial score (nSPS) is 22.8. The minimum atomic E-state index is 0.220. The van der Waals surface area contributed by atoms with Gasteiger partial charge in [-0.25, -0.2) is 9.97 Å². The average molecular weight is 331 g/mol. The second kappa shape index (κ2) is 7.47. The van der Waals surface area contributed by atoms with Gasteiger partial charge in [-0.3, -0.25) is 4.79 Å². The van der Waals surface area contributed by atoms with Gasteiger partial charge < -0.3 is 14.7 Å². The Hall–Kier alpha value is -1.69. The molecule has 1 aromatic rings. The van der Waals surface area contributed by atoms with E-state index in [1.54, 1.807) is 13.3 Å². The molecule has 0 radical (unpaired) electrons. The van der Waals surface area contributed by atoms with Crippen LogP contribution < -0.4 is 4.90 Å². The lowest BCUT2D eigenvalue weighted by Gasteiger charge is -2.38. The third-order valence-corrected chi connectivity index (χ3v) is 5.50. The molecule has 1 aromatic heterocycles. The fourth-order valence-electron chi connectivity index (χ4n) is 3.94. The number of anilines is 1. The molecule has 0 saturated carbocycles. The Balaban J connectivity index is 1.47. The van der Waals surface area contributed by atoms with Crippen molar-refractivity contribution < 1.29 is 4.79 Å². The summed E-state index contributed by atoms with van der Waals surface area (Å²) in [7, 11) is 2.14. The number of rotatable bonds is 4. The van der Waals surface area contributed by atoms with Crippen LogP contribution in [0.3, 0.4) is 0 Å². The Morgan fingerprint density at radius 3 is 2.62 bits per heavy atom. The maximum Gasteiger partial charge on any atom is 0.219 e. The first-order valence-electron chi connectivity index (χ1n) is 9.02. The molecule has 2 aliphatic heterocycles. The summed E-state index contributed by atoms with van der Waals surface area (Å²) in [6, 6.07) is 2.61. The van der Waals surface area contributed by atoms with Crippen LogP contribution in [0.1, 0.15) is 31.9 Å². The van der Waals surface area contributed by atoms with Gasteiger partial charge in [-0.05, 0) is 32.1 Å². The molecule has 6 heteroatoms. The van der Waals surface area contributed by atoms with Crippen molar-refractivity contribution in [1.29, 1.82) is 0 Å². The highest BCUT2D eigenvalue weighted by atomic mass is 16.2. The molecule has 0 aliphatic carbocycles. The van der Waals surface area contributed by atoms with Gasteiger partial charge in [0.05, 0.1) is 0 Å². The van der Waals surface area contributed by atoms with Crippen molar-refractivity contribution in [2.45, 2.75) is 39.2 Å².